The summed E-state index contributed by atoms with van der Waals surface area (Å²) in [6.07, 6.45) is 5.47. The van der Waals surface area contributed by atoms with Crippen molar-refractivity contribution in [2.45, 2.75) is 58.5 Å². The molecule has 2 aliphatic rings. The molecule has 2 heteroatoms. The van der Waals surface area contributed by atoms with E-state index in [1.807, 2.05) is 0 Å². The second-order valence-electron chi connectivity index (χ2n) is 6.18. The Morgan fingerprint density at radius 3 is 2.53 bits per heavy atom. The summed E-state index contributed by atoms with van der Waals surface area (Å²) in [6.45, 7) is 10.9. The highest BCUT2D eigenvalue weighted by molar-refractivity contribution is 4.90. The van der Waals surface area contributed by atoms with Gasteiger partial charge in [-0.1, -0.05) is 20.8 Å². The van der Waals surface area contributed by atoms with E-state index < -0.39 is 0 Å². The molecule has 88 valence electrons. The first-order valence-corrected chi connectivity index (χ1v) is 6.57. The minimum atomic E-state index is 0.495. The van der Waals surface area contributed by atoms with Gasteiger partial charge in [-0.15, -0.1) is 0 Å². The fraction of sp³-hybridized carbons (Fsp3) is 1.00. The van der Waals surface area contributed by atoms with Crippen molar-refractivity contribution < 1.29 is 0 Å². The number of nitrogens with one attached hydrogen (secondary N) is 1. The highest BCUT2D eigenvalue weighted by atomic mass is 15.2. The molecule has 1 aliphatic carbocycles. The quantitative estimate of drug-likeness (QED) is 0.749. The summed E-state index contributed by atoms with van der Waals surface area (Å²) in [5.41, 5.74) is 0.495. The lowest BCUT2D eigenvalue weighted by Gasteiger charge is -2.29. The summed E-state index contributed by atoms with van der Waals surface area (Å²) < 4.78 is 0. The summed E-state index contributed by atoms with van der Waals surface area (Å²) in [7, 11) is 0. The SMILES string of the molecule is CCC(C)(C)CN1CCC(NC2CC2)C1. The van der Waals surface area contributed by atoms with Crippen LogP contribution in [0.1, 0.15) is 46.5 Å². The molecule has 0 aromatic carbocycles. The molecule has 1 atom stereocenters. The first kappa shape index (κ1) is 11.4. The lowest BCUT2D eigenvalue weighted by atomic mass is 9.90. The molecule has 2 fully saturated rings. The van der Waals surface area contributed by atoms with Gasteiger partial charge in [-0.2, -0.15) is 0 Å². The van der Waals surface area contributed by atoms with E-state index in [4.69, 9.17) is 0 Å². The Bertz CT molecular complexity index is 209. The molecule has 0 aromatic heterocycles. The van der Waals surface area contributed by atoms with Crippen molar-refractivity contribution >= 4 is 0 Å². The second kappa shape index (κ2) is 4.42. The average molecular weight is 210 g/mol. The van der Waals surface area contributed by atoms with Crippen LogP contribution in [0.4, 0.5) is 0 Å². The van der Waals surface area contributed by atoms with E-state index in [0.29, 0.717) is 5.41 Å². The van der Waals surface area contributed by atoms with Crippen LogP contribution in [0, 0.1) is 5.41 Å². The molecule has 0 amide bonds. The molecule has 1 saturated heterocycles. The van der Waals surface area contributed by atoms with Gasteiger partial charge in [-0.25, -0.2) is 0 Å². The molecule has 0 aromatic rings. The topological polar surface area (TPSA) is 15.3 Å². The average Bonchev–Trinajstić information content (AvgIpc) is 2.88. The molecule has 0 spiro atoms. The lowest BCUT2D eigenvalue weighted by molar-refractivity contribution is 0.200. The van der Waals surface area contributed by atoms with E-state index in [0.717, 1.165) is 12.1 Å². The van der Waals surface area contributed by atoms with Crippen molar-refractivity contribution in [2.24, 2.45) is 5.41 Å². The maximum Gasteiger partial charge on any atom is 0.0209 e. The number of hydrogen-bond acceptors (Lipinski definition) is 2. The van der Waals surface area contributed by atoms with Gasteiger partial charge in [-0.3, -0.25) is 0 Å². The Morgan fingerprint density at radius 1 is 1.20 bits per heavy atom. The molecule has 2 rings (SSSR count). The Hall–Kier alpha value is -0.0800. The van der Waals surface area contributed by atoms with Crippen LogP contribution >= 0.6 is 0 Å². The fourth-order valence-corrected chi connectivity index (χ4v) is 2.41. The second-order valence-corrected chi connectivity index (χ2v) is 6.18. The van der Waals surface area contributed by atoms with E-state index in [-0.39, 0.29) is 0 Å². The van der Waals surface area contributed by atoms with Gasteiger partial charge < -0.3 is 10.2 Å². The van der Waals surface area contributed by atoms with Gasteiger partial charge in [0, 0.05) is 25.2 Å². The molecule has 1 aliphatic heterocycles. The molecule has 0 bridgehead atoms. The third-order valence-electron chi connectivity index (χ3n) is 3.93. The molecular formula is C13H26N2. The van der Waals surface area contributed by atoms with Crippen LogP contribution in [-0.4, -0.2) is 36.6 Å². The van der Waals surface area contributed by atoms with Crippen molar-refractivity contribution in [1.82, 2.24) is 10.2 Å². The van der Waals surface area contributed by atoms with Crippen LogP contribution in [-0.2, 0) is 0 Å². The van der Waals surface area contributed by atoms with Gasteiger partial charge >= 0.3 is 0 Å². The number of nitrogens with zero attached hydrogens (tertiary/aromatic N) is 1. The van der Waals surface area contributed by atoms with Crippen molar-refractivity contribution in [3.05, 3.63) is 0 Å². The van der Waals surface area contributed by atoms with E-state index in [1.165, 1.54) is 45.3 Å². The minimum absolute atomic E-state index is 0.495. The zero-order chi connectivity index (χ0) is 10.9. The van der Waals surface area contributed by atoms with Crippen LogP contribution in [0.2, 0.25) is 0 Å². The van der Waals surface area contributed by atoms with Crippen LogP contribution in [0.15, 0.2) is 0 Å². The molecular weight excluding hydrogens is 184 g/mol. The van der Waals surface area contributed by atoms with E-state index in [2.05, 4.69) is 31.0 Å². The highest BCUT2D eigenvalue weighted by Crippen LogP contribution is 2.25. The maximum absolute atomic E-state index is 3.74. The van der Waals surface area contributed by atoms with Gasteiger partial charge in [0.15, 0.2) is 0 Å². The minimum Gasteiger partial charge on any atom is -0.310 e. The van der Waals surface area contributed by atoms with E-state index >= 15 is 0 Å². The van der Waals surface area contributed by atoms with Crippen molar-refractivity contribution in [2.75, 3.05) is 19.6 Å². The molecule has 1 unspecified atom stereocenters. The summed E-state index contributed by atoms with van der Waals surface area (Å²) in [6, 6.07) is 1.65. The molecule has 1 saturated carbocycles. The zero-order valence-corrected chi connectivity index (χ0v) is 10.6. The first-order chi connectivity index (χ1) is 7.09. The van der Waals surface area contributed by atoms with Gasteiger partial charge in [0.05, 0.1) is 0 Å². The predicted molar refractivity (Wildman–Crippen MR) is 65.1 cm³/mol. The molecule has 1 N–H and O–H groups in total. The number of likely N-dealkylation sites (tertiary alicyclic amines) is 1. The predicted octanol–water partition coefficient (Wildman–Crippen LogP) is 2.25. The van der Waals surface area contributed by atoms with Crippen molar-refractivity contribution in [3.63, 3.8) is 0 Å². The number of hydrogen-bond donors (Lipinski definition) is 1. The largest absolute Gasteiger partial charge is 0.310 e. The third kappa shape index (κ3) is 3.46. The Balaban J connectivity index is 1.71. The normalized spacial score (nSPS) is 28.6. The smallest absolute Gasteiger partial charge is 0.0209 e. The van der Waals surface area contributed by atoms with E-state index in [1.54, 1.807) is 0 Å². The third-order valence-corrected chi connectivity index (χ3v) is 3.93. The van der Waals surface area contributed by atoms with Crippen LogP contribution < -0.4 is 5.32 Å². The number of rotatable bonds is 5. The summed E-state index contributed by atoms with van der Waals surface area (Å²) in [4.78, 5) is 2.64. The van der Waals surface area contributed by atoms with Crippen molar-refractivity contribution in [1.29, 1.82) is 0 Å². The molecule has 1 heterocycles. The molecule has 15 heavy (non-hydrogen) atoms. The van der Waals surface area contributed by atoms with E-state index in [9.17, 15) is 0 Å². The Labute approximate surface area is 94.4 Å². The fourth-order valence-electron chi connectivity index (χ4n) is 2.41. The Morgan fingerprint density at radius 2 is 1.93 bits per heavy atom. The Kier molecular flexibility index (Phi) is 3.36. The first-order valence-electron chi connectivity index (χ1n) is 6.57. The molecule has 2 nitrogen and oxygen atoms in total. The monoisotopic (exact) mass is 210 g/mol. The van der Waals surface area contributed by atoms with Crippen LogP contribution in [0.3, 0.4) is 0 Å². The van der Waals surface area contributed by atoms with Gasteiger partial charge in [0.25, 0.3) is 0 Å². The summed E-state index contributed by atoms with van der Waals surface area (Å²) in [5, 5.41) is 3.74. The standard InChI is InChI=1S/C13H26N2/c1-4-13(2,3)10-15-8-7-12(9-15)14-11-5-6-11/h11-12,14H,4-10H2,1-3H3. The van der Waals surface area contributed by atoms with Gasteiger partial charge in [-0.05, 0) is 37.6 Å². The zero-order valence-electron chi connectivity index (χ0n) is 10.6. The molecule has 0 radical (unpaired) electrons. The van der Waals surface area contributed by atoms with Crippen molar-refractivity contribution in [3.8, 4) is 0 Å². The van der Waals surface area contributed by atoms with Crippen LogP contribution in [0.5, 0.6) is 0 Å². The van der Waals surface area contributed by atoms with Gasteiger partial charge in [0.2, 0.25) is 0 Å². The van der Waals surface area contributed by atoms with Gasteiger partial charge in [0.1, 0.15) is 0 Å². The lowest BCUT2D eigenvalue weighted by Crippen LogP contribution is -2.37. The highest BCUT2D eigenvalue weighted by Gasteiger charge is 2.30. The maximum atomic E-state index is 3.74. The van der Waals surface area contributed by atoms with Crippen LogP contribution in [0.25, 0.3) is 0 Å². The summed E-state index contributed by atoms with van der Waals surface area (Å²) in [5.74, 6) is 0. The summed E-state index contributed by atoms with van der Waals surface area (Å²) >= 11 is 0.